The standard InChI is InChI=1S/C23H16ClN3O5/c24-14-7-6-10-16(13-14)25-22(28)19-20(17-11-4-5-12-18(17)27(30)31)26(32-21(19)23(25)29)15-8-2-1-3-9-15/h1-13,19-21H/t19-,20-,21+/m0/s1. The van der Waals surface area contributed by atoms with E-state index < -0.39 is 34.8 Å². The Morgan fingerprint density at radius 1 is 0.875 bits per heavy atom. The number of hydrogen-bond acceptors (Lipinski definition) is 6. The largest absolute Gasteiger partial charge is 0.274 e. The van der Waals surface area contributed by atoms with E-state index in [1.807, 2.05) is 6.07 Å². The lowest BCUT2D eigenvalue weighted by atomic mass is 9.89. The van der Waals surface area contributed by atoms with Crippen molar-refractivity contribution in [3.63, 3.8) is 0 Å². The molecular weight excluding hydrogens is 434 g/mol. The van der Waals surface area contributed by atoms with Crippen molar-refractivity contribution in [2.75, 3.05) is 9.96 Å². The number of nitro benzene ring substituents is 1. The molecule has 3 atom stereocenters. The molecule has 2 fully saturated rings. The van der Waals surface area contributed by atoms with Crippen molar-refractivity contribution in [2.24, 2.45) is 5.92 Å². The van der Waals surface area contributed by atoms with Crippen LogP contribution in [0.3, 0.4) is 0 Å². The van der Waals surface area contributed by atoms with E-state index in [-0.39, 0.29) is 5.69 Å². The molecule has 0 spiro atoms. The van der Waals surface area contributed by atoms with Crippen LogP contribution >= 0.6 is 11.6 Å². The maximum absolute atomic E-state index is 13.5. The van der Waals surface area contributed by atoms with Crippen molar-refractivity contribution in [1.29, 1.82) is 0 Å². The molecule has 0 N–H and O–H groups in total. The highest BCUT2D eigenvalue weighted by atomic mass is 35.5. The summed E-state index contributed by atoms with van der Waals surface area (Å²) in [6, 6.07) is 20.6. The predicted octanol–water partition coefficient (Wildman–Crippen LogP) is 4.30. The van der Waals surface area contributed by atoms with Gasteiger partial charge < -0.3 is 0 Å². The average Bonchev–Trinajstić information content (AvgIpc) is 3.30. The summed E-state index contributed by atoms with van der Waals surface area (Å²) >= 11 is 6.06. The summed E-state index contributed by atoms with van der Waals surface area (Å²) in [6.45, 7) is 0. The van der Waals surface area contributed by atoms with E-state index in [2.05, 4.69) is 0 Å². The van der Waals surface area contributed by atoms with Crippen molar-refractivity contribution in [1.82, 2.24) is 0 Å². The highest BCUT2D eigenvalue weighted by Gasteiger charge is 2.61. The Bertz CT molecular complexity index is 1240. The van der Waals surface area contributed by atoms with Crippen LogP contribution in [-0.2, 0) is 14.4 Å². The monoisotopic (exact) mass is 449 g/mol. The lowest BCUT2D eigenvalue weighted by Crippen LogP contribution is -2.37. The first-order chi connectivity index (χ1) is 15.5. The van der Waals surface area contributed by atoms with Gasteiger partial charge in [0.15, 0.2) is 6.10 Å². The van der Waals surface area contributed by atoms with Gasteiger partial charge in [0.1, 0.15) is 12.0 Å². The smallest absolute Gasteiger partial charge is 0.273 e. The summed E-state index contributed by atoms with van der Waals surface area (Å²) in [5.41, 5.74) is 1.06. The number of halogens is 1. The molecule has 32 heavy (non-hydrogen) atoms. The molecule has 3 aromatic rings. The molecule has 0 radical (unpaired) electrons. The van der Waals surface area contributed by atoms with Gasteiger partial charge in [-0.25, -0.2) is 9.96 Å². The lowest BCUT2D eigenvalue weighted by molar-refractivity contribution is -0.385. The summed E-state index contributed by atoms with van der Waals surface area (Å²) in [6.07, 6.45) is -1.12. The number of nitrogens with zero attached hydrogens (tertiary/aromatic N) is 3. The fraction of sp³-hybridized carbons (Fsp3) is 0.130. The minimum Gasteiger partial charge on any atom is -0.273 e. The first-order valence-corrected chi connectivity index (χ1v) is 10.2. The highest BCUT2D eigenvalue weighted by Crippen LogP contribution is 2.49. The van der Waals surface area contributed by atoms with Crippen molar-refractivity contribution < 1.29 is 19.3 Å². The van der Waals surface area contributed by atoms with Gasteiger partial charge in [0.25, 0.3) is 11.6 Å². The first-order valence-electron chi connectivity index (χ1n) is 9.85. The zero-order valence-electron chi connectivity index (χ0n) is 16.5. The van der Waals surface area contributed by atoms with E-state index in [4.69, 9.17) is 16.4 Å². The van der Waals surface area contributed by atoms with Crippen LogP contribution in [0.15, 0.2) is 78.9 Å². The van der Waals surface area contributed by atoms with Crippen LogP contribution in [0.1, 0.15) is 11.6 Å². The molecule has 3 aromatic carbocycles. The van der Waals surface area contributed by atoms with Gasteiger partial charge in [-0.2, -0.15) is 0 Å². The van der Waals surface area contributed by atoms with Crippen LogP contribution in [-0.4, -0.2) is 22.8 Å². The number of imide groups is 1. The number of rotatable bonds is 4. The second kappa shape index (κ2) is 7.74. The number of anilines is 2. The van der Waals surface area contributed by atoms with Gasteiger partial charge in [0, 0.05) is 11.1 Å². The molecule has 8 nitrogen and oxygen atoms in total. The number of hydroxylamine groups is 1. The highest BCUT2D eigenvalue weighted by molar-refractivity contribution is 6.31. The maximum Gasteiger partial charge on any atom is 0.274 e. The quantitative estimate of drug-likeness (QED) is 0.335. The summed E-state index contributed by atoms with van der Waals surface area (Å²) in [5, 5.41) is 13.6. The van der Waals surface area contributed by atoms with E-state index in [1.54, 1.807) is 60.7 Å². The van der Waals surface area contributed by atoms with Gasteiger partial charge in [-0.05, 0) is 36.4 Å². The Morgan fingerprint density at radius 2 is 1.56 bits per heavy atom. The van der Waals surface area contributed by atoms with E-state index in [1.165, 1.54) is 17.2 Å². The Balaban J connectivity index is 1.64. The van der Waals surface area contributed by atoms with Gasteiger partial charge in [0.05, 0.1) is 21.9 Å². The van der Waals surface area contributed by atoms with Crippen molar-refractivity contribution in [3.05, 3.63) is 99.6 Å². The molecule has 0 saturated carbocycles. The van der Waals surface area contributed by atoms with E-state index >= 15 is 0 Å². The fourth-order valence-corrected chi connectivity index (χ4v) is 4.49. The van der Waals surface area contributed by atoms with Crippen molar-refractivity contribution in [2.45, 2.75) is 12.1 Å². The molecule has 0 aliphatic carbocycles. The van der Waals surface area contributed by atoms with Gasteiger partial charge in [-0.15, -0.1) is 0 Å². The molecule has 9 heteroatoms. The van der Waals surface area contributed by atoms with E-state index in [0.29, 0.717) is 22.0 Å². The Labute approximate surface area is 187 Å². The zero-order valence-corrected chi connectivity index (χ0v) is 17.3. The SMILES string of the molecule is O=C1[C@@H]2[C@@H](ON(c3ccccc3)[C@H]2c2ccccc2[N+](=O)[O-])C(=O)N1c1cccc(Cl)c1. The van der Waals surface area contributed by atoms with Crippen LogP contribution < -0.4 is 9.96 Å². The first kappa shape index (κ1) is 20.2. The average molecular weight is 450 g/mol. The van der Waals surface area contributed by atoms with Gasteiger partial charge in [0.2, 0.25) is 5.91 Å². The van der Waals surface area contributed by atoms with Crippen molar-refractivity contribution >= 4 is 40.5 Å². The molecule has 2 saturated heterocycles. The molecule has 0 bridgehead atoms. The number of hydrogen-bond donors (Lipinski definition) is 0. The van der Waals surface area contributed by atoms with E-state index in [0.717, 1.165) is 4.90 Å². The Morgan fingerprint density at radius 3 is 2.28 bits per heavy atom. The van der Waals surface area contributed by atoms with Crippen LogP contribution in [0.2, 0.25) is 5.02 Å². The molecule has 0 aromatic heterocycles. The summed E-state index contributed by atoms with van der Waals surface area (Å²) in [4.78, 5) is 45.1. The Kier molecular flexibility index (Phi) is 4.88. The number of amides is 2. The molecule has 2 aliphatic rings. The third kappa shape index (κ3) is 3.12. The lowest BCUT2D eigenvalue weighted by Gasteiger charge is -2.28. The van der Waals surface area contributed by atoms with Crippen LogP contribution in [0.5, 0.6) is 0 Å². The molecule has 2 heterocycles. The van der Waals surface area contributed by atoms with Crippen LogP contribution in [0, 0.1) is 16.0 Å². The molecule has 5 rings (SSSR count). The van der Waals surface area contributed by atoms with Crippen LogP contribution in [0.25, 0.3) is 0 Å². The third-order valence-corrected chi connectivity index (χ3v) is 5.88. The molecule has 0 unspecified atom stereocenters. The summed E-state index contributed by atoms with van der Waals surface area (Å²) < 4.78 is 0. The number of carbonyl (C=O) groups is 2. The topological polar surface area (TPSA) is 93.0 Å². The zero-order chi connectivity index (χ0) is 22.4. The molecule has 2 amide bonds. The van der Waals surface area contributed by atoms with Crippen LogP contribution in [0.4, 0.5) is 17.1 Å². The third-order valence-electron chi connectivity index (χ3n) is 5.64. The number of nitro groups is 1. The molecular formula is C23H16ClN3O5. The Hall–Kier alpha value is -3.75. The maximum atomic E-state index is 13.5. The molecule has 160 valence electrons. The second-order valence-electron chi connectivity index (χ2n) is 7.47. The van der Waals surface area contributed by atoms with Gasteiger partial charge in [-0.3, -0.25) is 24.5 Å². The predicted molar refractivity (Wildman–Crippen MR) is 117 cm³/mol. The summed E-state index contributed by atoms with van der Waals surface area (Å²) in [5.74, 6) is -2.00. The number of carbonyl (C=O) groups excluding carboxylic acids is 2. The second-order valence-corrected chi connectivity index (χ2v) is 7.90. The fourth-order valence-electron chi connectivity index (χ4n) is 4.30. The van der Waals surface area contributed by atoms with E-state index in [9.17, 15) is 19.7 Å². The van der Waals surface area contributed by atoms with Gasteiger partial charge in [-0.1, -0.05) is 48.0 Å². The summed E-state index contributed by atoms with van der Waals surface area (Å²) in [7, 11) is 0. The van der Waals surface area contributed by atoms with Crippen molar-refractivity contribution in [3.8, 4) is 0 Å². The van der Waals surface area contributed by atoms with Gasteiger partial charge >= 0.3 is 0 Å². The molecule has 2 aliphatic heterocycles. The normalized spacial score (nSPS) is 22.3. The number of fused-ring (bicyclic) bond motifs is 1. The number of benzene rings is 3. The minimum atomic E-state index is -1.12. The minimum absolute atomic E-state index is 0.149. The number of para-hydroxylation sites is 2.